The number of hydrogen-bond donors (Lipinski definition) is 2. The Hall–Kier alpha value is -1.21. The minimum absolute atomic E-state index is 0.0284. The predicted molar refractivity (Wildman–Crippen MR) is 78.5 cm³/mol. The number of carbonyl (C=O) groups excluding carboxylic acids is 1. The van der Waals surface area contributed by atoms with Crippen LogP contribution in [0.3, 0.4) is 0 Å². The number of amides is 1. The molecule has 2 N–H and O–H groups in total. The van der Waals surface area contributed by atoms with E-state index in [4.69, 9.17) is 5.11 Å². The Balaban J connectivity index is 2.53. The Morgan fingerprint density at radius 1 is 1.52 bits per heavy atom. The van der Waals surface area contributed by atoms with Gasteiger partial charge in [0.1, 0.15) is 5.03 Å². The fourth-order valence-electron chi connectivity index (χ4n) is 1.69. The summed E-state index contributed by atoms with van der Waals surface area (Å²) in [5, 5.41) is 11.9. The summed E-state index contributed by atoms with van der Waals surface area (Å²) < 4.78 is 24.8. The van der Waals surface area contributed by atoms with Crippen LogP contribution in [0.25, 0.3) is 0 Å². The summed E-state index contributed by atoms with van der Waals surface area (Å²) in [6.07, 6.45) is 2.84. The number of rotatable bonds is 8. The van der Waals surface area contributed by atoms with Gasteiger partial charge in [-0.1, -0.05) is 13.8 Å². The molecule has 0 atom stereocenters. The minimum Gasteiger partial charge on any atom is -0.396 e. The minimum atomic E-state index is -2.61. The Kier molecular flexibility index (Phi) is 7.04. The van der Waals surface area contributed by atoms with E-state index in [1.807, 2.05) is 13.8 Å². The lowest BCUT2D eigenvalue weighted by Gasteiger charge is -2.21. The van der Waals surface area contributed by atoms with Crippen LogP contribution in [0, 0.1) is 5.41 Å². The molecule has 0 aliphatic rings. The third-order valence-electron chi connectivity index (χ3n) is 2.96. The molecule has 4 nitrogen and oxygen atoms in total. The third-order valence-corrected chi connectivity index (χ3v) is 3.69. The van der Waals surface area contributed by atoms with Crippen LogP contribution in [0.5, 0.6) is 0 Å². The van der Waals surface area contributed by atoms with Crippen molar-refractivity contribution in [3.05, 3.63) is 23.9 Å². The van der Waals surface area contributed by atoms with Crippen molar-refractivity contribution in [3.8, 4) is 0 Å². The van der Waals surface area contributed by atoms with Gasteiger partial charge in [-0.05, 0) is 42.2 Å². The van der Waals surface area contributed by atoms with Gasteiger partial charge in [0.15, 0.2) is 0 Å². The second-order valence-corrected chi connectivity index (χ2v) is 6.40. The molecule has 0 unspecified atom stereocenters. The number of aromatic nitrogens is 1. The summed E-state index contributed by atoms with van der Waals surface area (Å²) in [5.41, 5.74) is -0.0281. The van der Waals surface area contributed by atoms with Gasteiger partial charge in [-0.15, -0.1) is 0 Å². The molecular weight excluding hydrogens is 298 g/mol. The van der Waals surface area contributed by atoms with Gasteiger partial charge in [0.2, 0.25) is 0 Å². The fraction of sp³-hybridized carbons (Fsp3) is 0.571. The first-order valence-electron chi connectivity index (χ1n) is 6.64. The number of nitrogens with zero attached hydrogens (tertiary/aromatic N) is 1. The van der Waals surface area contributed by atoms with Crippen LogP contribution in [0.2, 0.25) is 0 Å². The van der Waals surface area contributed by atoms with Crippen molar-refractivity contribution in [1.82, 2.24) is 10.3 Å². The average Bonchev–Trinajstić information content (AvgIpc) is 2.43. The van der Waals surface area contributed by atoms with Gasteiger partial charge >= 0.3 is 0 Å². The van der Waals surface area contributed by atoms with E-state index in [2.05, 4.69) is 10.3 Å². The number of pyridine rings is 1. The predicted octanol–water partition coefficient (Wildman–Crippen LogP) is 2.92. The van der Waals surface area contributed by atoms with E-state index in [9.17, 15) is 13.6 Å². The topological polar surface area (TPSA) is 62.2 Å². The molecule has 0 aliphatic heterocycles. The maximum absolute atomic E-state index is 12.4. The third kappa shape index (κ3) is 6.39. The quantitative estimate of drug-likeness (QED) is 0.571. The fourth-order valence-corrected chi connectivity index (χ4v) is 2.26. The van der Waals surface area contributed by atoms with Gasteiger partial charge in [-0.25, -0.2) is 4.98 Å². The highest BCUT2D eigenvalue weighted by Crippen LogP contribution is 2.26. The Labute approximate surface area is 127 Å². The molecule has 0 fully saturated rings. The molecule has 1 amide bonds. The molecule has 0 bridgehead atoms. The lowest BCUT2D eigenvalue weighted by atomic mass is 9.89. The number of alkyl halides is 2. The Morgan fingerprint density at radius 3 is 2.86 bits per heavy atom. The van der Waals surface area contributed by atoms with E-state index < -0.39 is 11.7 Å². The molecule has 1 aromatic rings. The largest absolute Gasteiger partial charge is 0.396 e. The number of thioether (sulfide) groups is 1. The number of nitrogens with one attached hydrogen (secondary N) is 1. The van der Waals surface area contributed by atoms with E-state index in [0.717, 1.165) is 6.42 Å². The summed E-state index contributed by atoms with van der Waals surface area (Å²) >= 11 is 0.262. The molecule has 1 rings (SSSR count). The lowest BCUT2D eigenvalue weighted by molar-refractivity contribution is 0.0945. The molecule has 0 spiro atoms. The second-order valence-electron chi connectivity index (χ2n) is 5.42. The van der Waals surface area contributed by atoms with Crippen LogP contribution in [-0.4, -0.2) is 34.9 Å². The monoisotopic (exact) mass is 318 g/mol. The summed E-state index contributed by atoms with van der Waals surface area (Å²) in [5.74, 6) is -3.02. The molecule has 118 valence electrons. The number of aliphatic hydroxyl groups excluding tert-OH is 1. The lowest BCUT2D eigenvalue weighted by Crippen LogP contribution is -2.27. The van der Waals surface area contributed by atoms with Crippen LogP contribution in [-0.2, 0) is 0 Å². The standard InChI is InChI=1S/C14H20F2N2O2S/c1-14(2,9-19)6-4-8-17-11(20)10-5-3-7-18-12(10)21-13(15)16/h3,5,7,13,19H,4,6,8-9H2,1-2H3,(H,17,20). The van der Waals surface area contributed by atoms with Gasteiger partial charge in [0, 0.05) is 19.3 Å². The molecule has 21 heavy (non-hydrogen) atoms. The average molecular weight is 318 g/mol. The van der Waals surface area contributed by atoms with Crippen molar-refractivity contribution in [1.29, 1.82) is 0 Å². The molecule has 0 saturated carbocycles. The first-order valence-corrected chi connectivity index (χ1v) is 7.52. The van der Waals surface area contributed by atoms with Crippen molar-refractivity contribution in [3.63, 3.8) is 0 Å². The van der Waals surface area contributed by atoms with E-state index in [1.165, 1.54) is 12.3 Å². The molecular formula is C14H20F2N2O2S. The molecule has 7 heteroatoms. The van der Waals surface area contributed by atoms with Crippen molar-refractivity contribution in [2.24, 2.45) is 5.41 Å². The zero-order valence-corrected chi connectivity index (χ0v) is 12.9. The Morgan fingerprint density at radius 2 is 2.24 bits per heavy atom. The van der Waals surface area contributed by atoms with Crippen molar-refractivity contribution in [2.75, 3.05) is 13.2 Å². The Bertz CT molecular complexity index is 470. The van der Waals surface area contributed by atoms with E-state index in [-0.39, 0.29) is 34.4 Å². The number of hydrogen-bond acceptors (Lipinski definition) is 4. The second kappa shape index (κ2) is 8.29. The van der Waals surface area contributed by atoms with Crippen LogP contribution in [0.4, 0.5) is 8.78 Å². The van der Waals surface area contributed by atoms with Crippen molar-refractivity contribution < 1.29 is 18.7 Å². The van der Waals surface area contributed by atoms with E-state index in [1.54, 1.807) is 6.07 Å². The number of halogens is 2. The summed E-state index contributed by atoms with van der Waals surface area (Å²) in [7, 11) is 0. The smallest absolute Gasteiger partial charge is 0.290 e. The number of carbonyl (C=O) groups is 1. The number of aliphatic hydroxyl groups is 1. The van der Waals surface area contributed by atoms with Gasteiger partial charge in [0.25, 0.3) is 11.7 Å². The summed E-state index contributed by atoms with van der Waals surface area (Å²) in [6, 6.07) is 3.02. The summed E-state index contributed by atoms with van der Waals surface area (Å²) in [4.78, 5) is 15.8. The zero-order valence-electron chi connectivity index (χ0n) is 12.1. The first kappa shape index (κ1) is 17.8. The summed E-state index contributed by atoms with van der Waals surface area (Å²) in [6.45, 7) is 4.38. The van der Waals surface area contributed by atoms with Crippen molar-refractivity contribution in [2.45, 2.75) is 37.5 Å². The van der Waals surface area contributed by atoms with Crippen LogP contribution >= 0.6 is 11.8 Å². The first-order chi connectivity index (χ1) is 9.85. The maximum Gasteiger partial charge on any atom is 0.290 e. The highest BCUT2D eigenvalue weighted by atomic mass is 32.2. The van der Waals surface area contributed by atoms with Gasteiger partial charge < -0.3 is 10.4 Å². The van der Waals surface area contributed by atoms with E-state index >= 15 is 0 Å². The van der Waals surface area contributed by atoms with E-state index in [0.29, 0.717) is 13.0 Å². The van der Waals surface area contributed by atoms with Gasteiger partial charge in [-0.2, -0.15) is 8.78 Å². The van der Waals surface area contributed by atoms with Crippen LogP contribution in [0.15, 0.2) is 23.4 Å². The normalized spacial score (nSPS) is 11.7. The van der Waals surface area contributed by atoms with Crippen LogP contribution in [0.1, 0.15) is 37.0 Å². The highest BCUT2D eigenvalue weighted by Gasteiger charge is 2.18. The highest BCUT2D eigenvalue weighted by molar-refractivity contribution is 7.99. The zero-order chi connectivity index (χ0) is 15.9. The molecule has 0 aliphatic carbocycles. The maximum atomic E-state index is 12.4. The molecule has 1 aromatic heterocycles. The molecule has 0 radical (unpaired) electrons. The molecule has 0 saturated heterocycles. The van der Waals surface area contributed by atoms with Gasteiger partial charge in [0.05, 0.1) is 5.56 Å². The van der Waals surface area contributed by atoms with Gasteiger partial charge in [-0.3, -0.25) is 4.79 Å². The van der Waals surface area contributed by atoms with Crippen molar-refractivity contribution >= 4 is 17.7 Å². The van der Waals surface area contributed by atoms with Crippen LogP contribution < -0.4 is 5.32 Å². The molecule has 1 heterocycles. The molecule has 0 aromatic carbocycles. The SMILES string of the molecule is CC(C)(CO)CCCNC(=O)c1cccnc1SC(F)F.